The third-order valence-corrected chi connectivity index (χ3v) is 7.09. The molecule has 1 amide bonds. The van der Waals surface area contributed by atoms with E-state index in [2.05, 4.69) is 34.6 Å². The number of hydrogen-bond acceptors (Lipinski definition) is 3. The fraction of sp³-hybridized carbons (Fsp3) is 0.407. The number of carbonyl (C=O) groups is 1. The molecule has 2 unspecified atom stereocenters. The molecule has 4 N–H and O–H groups in total. The van der Waals surface area contributed by atoms with Gasteiger partial charge in [0.1, 0.15) is 0 Å². The van der Waals surface area contributed by atoms with Crippen molar-refractivity contribution in [2.45, 2.75) is 50.6 Å². The molecule has 0 bridgehead atoms. The maximum Gasteiger partial charge on any atom is 0.218 e. The van der Waals surface area contributed by atoms with E-state index in [4.69, 9.17) is 33.9 Å². The molecule has 1 saturated heterocycles. The summed E-state index contributed by atoms with van der Waals surface area (Å²) in [6.07, 6.45) is 7.74. The van der Waals surface area contributed by atoms with Crippen LogP contribution in [0.3, 0.4) is 0 Å². The van der Waals surface area contributed by atoms with Gasteiger partial charge in [-0.05, 0) is 61.6 Å². The van der Waals surface area contributed by atoms with E-state index in [9.17, 15) is 4.79 Å². The van der Waals surface area contributed by atoms with Crippen LogP contribution in [-0.2, 0) is 4.79 Å². The van der Waals surface area contributed by atoms with Gasteiger partial charge in [0.05, 0.1) is 6.04 Å². The second kappa shape index (κ2) is 11.9. The maximum absolute atomic E-state index is 11.8. The molecule has 0 radical (unpaired) electrons. The first-order valence-corrected chi connectivity index (χ1v) is 13.0. The Bertz CT molecular complexity index is 1090. The lowest BCUT2D eigenvalue weighted by atomic mass is 9.88. The average Bonchev–Trinajstić information content (AvgIpc) is 2.84. The number of hydrogen-bond donors (Lipinski definition) is 3. The van der Waals surface area contributed by atoms with Gasteiger partial charge in [-0.2, -0.15) is 0 Å². The average molecular weight is 515 g/mol. The van der Waals surface area contributed by atoms with Gasteiger partial charge in [0, 0.05) is 53.7 Å². The summed E-state index contributed by atoms with van der Waals surface area (Å²) in [5.74, 6) is 0.287. The molecule has 2 aromatic carbocycles. The molecule has 8 heteroatoms. The number of anilines is 1. The number of piperazine rings is 1. The number of primary amides is 1. The minimum Gasteiger partial charge on any atom is -0.370 e. The van der Waals surface area contributed by atoms with Crippen molar-refractivity contribution in [2.24, 2.45) is 10.7 Å². The quantitative estimate of drug-likeness (QED) is 0.282. The van der Waals surface area contributed by atoms with E-state index < -0.39 is 0 Å². The predicted molar refractivity (Wildman–Crippen MR) is 145 cm³/mol. The first-order chi connectivity index (χ1) is 16.9. The number of benzene rings is 2. The van der Waals surface area contributed by atoms with Crippen LogP contribution in [0.1, 0.15) is 49.7 Å². The Labute approximate surface area is 217 Å². The molecule has 1 aliphatic heterocycles. The Hall–Kier alpha value is -2.54. The van der Waals surface area contributed by atoms with Crippen molar-refractivity contribution in [3.63, 3.8) is 0 Å². The number of aliphatic imine (C=N–C) groups is 1. The third-order valence-electron chi connectivity index (χ3n) is 6.53. The van der Waals surface area contributed by atoms with Gasteiger partial charge in [-0.25, -0.2) is 4.99 Å². The Morgan fingerprint density at radius 1 is 1.23 bits per heavy atom. The first-order valence-electron chi connectivity index (χ1n) is 12.2. The molecule has 1 fully saturated rings. The lowest BCUT2D eigenvalue weighted by Gasteiger charge is -2.35. The van der Waals surface area contributed by atoms with Crippen molar-refractivity contribution in [2.75, 3.05) is 25.0 Å². The highest BCUT2D eigenvalue weighted by Crippen LogP contribution is 2.35. The number of amides is 1. The molecule has 2 aromatic rings. The number of nitrogens with one attached hydrogen (secondary N) is 2. The number of guanidine groups is 1. The molecule has 1 aliphatic carbocycles. The van der Waals surface area contributed by atoms with Crippen LogP contribution in [-0.4, -0.2) is 48.5 Å². The second-order valence-corrected chi connectivity index (χ2v) is 10.2. The van der Waals surface area contributed by atoms with Crippen molar-refractivity contribution in [3.8, 4) is 0 Å². The van der Waals surface area contributed by atoms with Gasteiger partial charge in [-0.3, -0.25) is 4.79 Å². The highest BCUT2D eigenvalue weighted by atomic mass is 35.5. The summed E-state index contributed by atoms with van der Waals surface area (Å²) in [7, 11) is 0. The van der Waals surface area contributed by atoms with Gasteiger partial charge in [0.25, 0.3) is 0 Å². The van der Waals surface area contributed by atoms with E-state index in [1.54, 1.807) is 12.1 Å². The van der Waals surface area contributed by atoms with Gasteiger partial charge >= 0.3 is 0 Å². The van der Waals surface area contributed by atoms with Crippen molar-refractivity contribution >= 4 is 40.8 Å². The monoisotopic (exact) mass is 513 g/mol. The molecule has 0 saturated carbocycles. The minimum atomic E-state index is -0.382. The summed E-state index contributed by atoms with van der Waals surface area (Å²) < 4.78 is 0. The van der Waals surface area contributed by atoms with E-state index in [0.29, 0.717) is 22.1 Å². The lowest BCUT2D eigenvalue weighted by Crippen LogP contribution is -2.53. The van der Waals surface area contributed by atoms with Crippen LogP contribution in [0.2, 0.25) is 10.0 Å². The Balaban J connectivity index is 1.57. The number of rotatable bonds is 6. The summed E-state index contributed by atoms with van der Waals surface area (Å²) in [4.78, 5) is 19.3. The fourth-order valence-corrected chi connectivity index (χ4v) is 5.25. The lowest BCUT2D eigenvalue weighted by molar-refractivity contribution is -0.118. The predicted octanol–water partition coefficient (Wildman–Crippen LogP) is 5.17. The van der Waals surface area contributed by atoms with Crippen LogP contribution in [0.25, 0.3) is 0 Å². The topological polar surface area (TPSA) is 82.8 Å². The smallest absolute Gasteiger partial charge is 0.218 e. The van der Waals surface area contributed by atoms with Gasteiger partial charge in [-0.15, -0.1) is 0 Å². The van der Waals surface area contributed by atoms with Crippen LogP contribution in [0.5, 0.6) is 0 Å². The van der Waals surface area contributed by atoms with Crippen molar-refractivity contribution in [3.05, 3.63) is 75.8 Å². The first kappa shape index (κ1) is 25.5. The van der Waals surface area contributed by atoms with E-state index in [1.807, 2.05) is 30.3 Å². The molecule has 2 aliphatic rings. The molecule has 0 spiro atoms. The van der Waals surface area contributed by atoms with Crippen LogP contribution in [0, 0.1) is 0 Å². The van der Waals surface area contributed by atoms with Crippen molar-refractivity contribution in [1.29, 1.82) is 0 Å². The number of nitrogens with two attached hydrogens (primary N) is 1. The van der Waals surface area contributed by atoms with E-state index >= 15 is 0 Å². The van der Waals surface area contributed by atoms with Crippen LogP contribution < -0.4 is 16.4 Å². The Morgan fingerprint density at radius 2 is 2.03 bits per heavy atom. The zero-order valence-electron chi connectivity index (χ0n) is 20.0. The summed E-state index contributed by atoms with van der Waals surface area (Å²) in [6.45, 7) is 4.94. The number of halogens is 2. The van der Waals surface area contributed by atoms with Gasteiger partial charge in [0.2, 0.25) is 5.91 Å². The highest BCUT2D eigenvalue weighted by molar-refractivity contribution is 6.35. The molecule has 0 aromatic heterocycles. The molecular weight excluding hydrogens is 481 g/mol. The molecule has 4 rings (SSSR count). The minimum absolute atomic E-state index is 0.161. The van der Waals surface area contributed by atoms with Crippen molar-refractivity contribution in [1.82, 2.24) is 10.2 Å². The standard InChI is InChI=1S/C27H33Cl2N5O/c1-18-17-34(14-13-31-18)27(32-21-5-3-2-4-6-21)33-22-10-7-19(8-11-22)24(16-26(30)35)23-12-9-20(28)15-25(23)29/h2-3,7-12,15,18,21,24,31H,4-6,13-14,16-17H2,1H3,(H2,30,35)(H,32,33)/t18-,21?,24?/m0/s1. The Kier molecular flexibility index (Phi) is 8.71. The third kappa shape index (κ3) is 7.00. The summed E-state index contributed by atoms with van der Waals surface area (Å²) in [5.41, 5.74) is 8.32. The summed E-state index contributed by atoms with van der Waals surface area (Å²) in [6, 6.07) is 14.1. The maximum atomic E-state index is 11.8. The molecular formula is C27H33Cl2N5O. The van der Waals surface area contributed by atoms with Gasteiger partial charge in [0.15, 0.2) is 5.96 Å². The molecule has 6 nitrogen and oxygen atoms in total. The zero-order chi connectivity index (χ0) is 24.8. The molecule has 1 heterocycles. The van der Waals surface area contributed by atoms with E-state index in [-0.39, 0.29) is 18.2 Å². The van der Waals surface area contributed by atoms with Crippen LogP contribution >= 0.6 is 23.2 Å². The number of nitrogens with zero attached hydrogens (tertiary/aromatic N) is 2. The fourth-order valence-electron chi connectivity index (χ4n) is 4.71. The summed E-state index contributed by atoms with van der Waals surface area (Å²) >= 11 is 12.5. The highest BCUT2D eigenvalue weighted by Gasteiger charge is 2.22. The van der Waals surface area contributed by atoms with Gasteiger partial charge < -0.3 is 21.3 Å². The normalized spacial score (nSPS) is 21.6. The second-order valence-electron chi connectivity index (χ2n) is 9.33. The SMILES string of the molecule is C[C@H]1CN(C(=NC2CC=CCC2)Nc2ccc(C(CC(N)=O)c3ccc(Cl)cc3Cl)cc2)CCN1. The summed E-state index contributed by atoms with van der Waals surface area (Å²) in [5, 5.41) is 8.15. The zero-order valence-corrected chi connectivity index (χ0v) is 21.5. The molecule has 35 heavy (non-hydrogen) atoms. The Morgan fingerprint density at radius 3 is 2.69 bits per heavy atom. The molecule has 3 atom stereocenters. The van der Waals surface area contributed by atoms with E-state index in [0.717, 1.165) is 61.7 Å². The molecule has 186 valence electrons. The number of allylic oxidation sites excluding steroid dienone is 1. The van der Waals surface area contributed by atoms with Crippen LogP contribution in [0.15, 0.2) is 59.6 Å². The van der Waals surface area contributed by atoms with Crippen LogP contribution in [0.4, 0.5) is 5.69 Å². The van der Waals surface area contributed by atoms with Gasteiger partial charge in [-0.1, -0.05) is 53.6 Å². The van der Waals surface area contributed by atoms with Crippen molar-refractivity contribution < 1.29 is 4.79 Å². The largest absolute Gasteiger partial charge is 0.370 e. The number of carbonyl (C=O) groups excluding carboxylic acids is 1. The van der Waals surface area contributed by atoms with E-state index in [1.165, 1.54) is 0 Å².